The molecule has 11 heavy (non-hydrogen) atoms. The van der Waals surface area contributed by atoms with Crippen molar-refractivity contribution < 1.29 is 4.79 Å². The first-order valence-corrected chi connectivity index (χ1v) is 10.3. The van der Waals surface area contributed by atoms with Crippen molar-refractivity contribution in [3.8, 4) is 0 Å². The van der Waals surface area contributed by atoms with E-state index in [1.165, 1.54) is 0 Å². The standard InChI is InChI=1S/C7H5ClOSe.Na/c8-6-4-2-1-3-5(6)7(9)10;/h1-4H,(H,9,10);/q;+1/p-1. The van der Waals surface area contributed by atoms with E-state index in [1.54, 1.807) is 12.1 Å². The normalized spacial score (nSPS) is 9.73. The quantitative estimate of drug-likeness (QED) is 0.713. The van der Waals surface area contributed by atoms with E-state index in [0.29, 0.717) is 10.6 Å². The molecule has 0 saturated heterocycles. The molecule has 0 unspecified atom stereocenters. The Morgan fingerprint density at radius 3 is 2.64 bits per heavy atom. The summed E-state index contributed by atoms with van der Waals surface area (Å²) < 4.78 is 0.217. The van der Waals surface area contributed by atoms with Crippen LogP contribution in [0, 0.1) is 0 Å². The summed E-state index contributed by atoms with van der Waals surface area (Å²) in [5.74, 6) is 0. The molecule has 4 heteroatoms. The van der Waals surface area contributed by atoms with Crippen LogP contribution < -0.4 is 0 Å². The van der Waals surface area contributed by atoms with E-state index in [0.717, 1.165) is 25.4 Å². The number of hydrogen-bond donors (Lipinski definition) is 0. The fourth-order valence-corrected chi connectivity index (χ4v) is 3.06. The summed E-state index contributed by atoms with van der Waals surface area (Å²) in [4.78, 5) is 11.2. The van der Waals surface area contributed by atoms with Crippen LogP contribution in [0.4, 0.5) is 0 Å². The van der Waals surface area contributed by atoms with Crippen LogP contribution in [-0.4, -0.2) is 40.6 Å². The molecular weight excluding hydrogens is 237 g/mol. The van der Waals surface area contributed by atoms with E-state index >= 15 is 0 Å². The predicted molar refractivity (Wildman–Crippen MR) is 47.3 cm³/mol. The van der Waals surface area contributed by atoms with Crippen molar-refractivity contribution in [2.45, 2.75) is 0 Å². The minimum absolute atomic E-state index is 0.144. The van der Waals surface area contributed by atoms with Gasteiger partial charge in [0.2, 0.25) is 0 Å². The van der Waals surface area contributed by atoms with Crippen LogP contribution in [0.15, 0.2) is 24.3 Å². The Balaban J connectivity index is 3.03. The number of benzene rings is 1. The van der Waals surface area contributed by atoms with E-state index < -0.39 is 0 Å². The predicted octanol–water partition coefficient (Wildman–Crippen LogP) is 1.27. The summed E-state index contributed by atoms with van der Waals surface area (Å²) in [6, 6.07) is 7.21. The van der Waals surface area contributed by atoms with E-state index in [-0.39, 0.29) is 15.2 Å². The molecule has 0 atom stereocenters. The van der Waals surface area contributed by atoms with E-state index in [9.17, 15) is 4.79 Å². The number of carbonyl (C=O) groups is 1. The van der Waals surface area contributed by atoms with Gasteiger partial charge in [0.05, 0.1) is 0 Å². The number of halogens is 1. The van der Waals surface area contributed by atoms with Gasteiger partial charge in [-0.15, -0.1) is 0 Å². The Hall–Kier alpha value is 0.699. The van der Waals surface area contributed by atoms with Crippen molar-refractivity contribution in [3.05, 3.63) is 34.9 Å². The van der Waals surface area contributed by atoms with Gasteiger partial charge in [0, 0.05) is 0 Å². The van der Waals surface area contributed by atoms with E-state index in [4.69, 9.17) is 11.6 Å². The summed E-state index contributed by atoms with van der Waals surface area (Å²) in [6.07, 6.45) is 0. The topological polar surface area (TPSA) is 17.1 Å². The summed E-state index contributed by atoms with van der Waals surface area (Å²) >= 11 is 6.76. The van der Waals surface area contributed by atoms with Crippen LogP contribution >= 0.6 is 11.6 Å². The molecule has 1 nitrogen and oxygen atoms in total. The molecule has 0 bridgehead atoms. The molecule has 0 spiro atoms. The molecule has 1 aromatic rings. The Labute approximate surface area is 90.9 Å². The second-order valence-corrected chi connectivity index (χ2v) is 6.13. The van der Waals surface area contributed by atoms with Gasteiger partial charge in [0.15, 0.2) is 0 Å². The number of hydrogen-bond acceptors (Lipinski definition) is 1. The molecule has 1 rings (SSSR count). The van der Waals surface area contributed by atoms with Gasteiger partial charge >= 0.3 is 91.8 Å². The van der Waals surface area contributed by atoms with Crippen molar-refractivity contribution >= 4 is 52.2 Å². The van der Waals surface area contributed by atoms with Crippen molar-refractivity contribution in [1.29, 1.82) is 0 Å². The second-order valence-electron chi connectivity index (χ2n) is 1.97. The average Bonchev–Trinajstić information content (AvgIpc) is 2.04. The van der Waals surface area contributed by atoms with Gasteiger partial charge in [-0.1, -0.05) is 0 Å². The fraction of sp³-hybridized carbons (Fsp3) is 0. The first-order valence-electron chi connectivity index (χ1n) is 3.08. The van der Waals surface area contributed by atoms with Crippen LogP contribution in [0.5, 0.6) is 0 Å². The monoisotopic (exact) mass is 242 g/mol. The summed E-state index contributed by atoms with van der Waals surface area (Å²) in [5, 5.41) is 0.579. The molecule has 0 aliphatic carbocycles. The third-order valence-electron chi connectivity index (χ3n) is 1.28. The van der Waals surface area contributed by atoms with Crippen molar-refractivity contribution in [3.63, 3.8) is 0 Å². The Bertz CT molecular complexity index is 277. The molecule has 0 aliphatic rings. The van der Waals surface area contributed by atoms with Gasteiger partial charge in [0.1, 0.15) is 0 Å². The average molecular weight is 242 g/mol. The van der Waals surface area contributed by atoms with Crippen molar-refractivity contribution in [2.75, 3.05) is 0 Å². The molecule has 1 aromatic carbocycles. The van der Waals surface area contributed by atoms with Gasteiger partial charge in [-0.25, -0.2) is 0 Å². The van der Waals surface area contributed by atoms with Crippen molar-refractivity contribution in [2.24, 2.45) is 0 Å². The molecule has 52 valence electrons. The third kappa shape index (κ3) is 2.58. The van der Waals surface area contributed by atoms with Crippen LogP contribution in [0.25, 0.3) is 0 Å². The third-order valence-corrected chi connectivity index (χ3v) is 4.77. The van der Waals surface area contributed by atoms with Crippen molar-refractivity contribution in [1.82, 2.24) is 0 Å². The van der Waals surface area contributed by atoms with Crippen LogP contribution in [0.1, 0.15) is 10.4 Å². The van der Waals surface area contributed by atoms with Gasteiger partial charge in [-0.3, -0.25) is 0 Å². The summed E-state index contributed by atoms with van der Waals surface area (Å²) in [7, 11) is 0.144. The molecule has 0 saturated carbocycles. The SMILES string of the molecule is O=C([Se][Na])c1ccccc1Cl. The molecule has 0 amide bonds. The van der Waals surface area contributed by atoms with E-state index in [2.05, 4.69) is 0 Å². The van der Waals surface area contributed by atoms with Crippen LogP contribution in [0.3, 0.4) is 0 Å². The maximum absolute atomic E-state index is 11.2. The molecule has 0 radical (unpaired) electrons. The van der Waals surface area contributed by atoms with Gasteiger partial charge in [-0.05, 0) is 0 Å². The zero-order chi connectivity index (χ0) is 8.27. The second kappa shape index (κ2) is 4.66. The number of carbonyl (C=O) groups excluding carboxylic acids is 1. The Morgan fingerprint density at radius 1 is 1.45 bits per heavy atom. The maximum atomic E-state index is 11.2. The number of rotatable bonds is 2. The Kier molecular flexibility index (Phi) is 4.14. The molecule has 0 aliphatic heterocycles. The first-order chi connectivity index (χ1) is 5.25. The van der Waals surface area contributed by atoms with Gasteiger partial charge in [0.25, 0.3) is 0 Å². The molecule has 0 aromatic heterocycles. The summed E-state index contributed by atoms with van der Waals surface area (Å²) in [6.45, 7) is 0. The van der Waals surface area contributed by atoms with E-state index in [1.807, 2.05) is 12.1 Å². The van der Waals surface area contributed by atoms with Gasteiger partial charge in [-0.2, -0.15) is 0 Å². The zero-order valence-electron chi connectivity index (χ0n) is 6.00. The minimum atomic E-state index is 0.144. The first kappa shape index (κ1) is 9.78. The molecule has 0 N–H and O–H groups in total. The Morgan fingerprint density at radius 2 is 2.09 bits per heavy atom. The zero-order valence-corrected chi connectivity index (χ0v) is 10.5. The molecular formula is C7H4ClNaOSe. The summed E-state index contributed by atoms with van der Waals surface area (Å²) in [5.41, 5.74) is 0.684. The fourth-order valence-electron chi connectivity index (χ4n) is 0.737. The van der Waals surface area contributed by atoms with Gasteiger partial charge < -0.3 is 0 Å². The molecule has 0 heterocycles. The van der Waals surface area contributed by atoms with Crippen LogP contribution in [0.2, 0.25) is 5.02 Å². The van der Waals surface area contributed by atoms with Crippen LogP contribution in [-0.2, 0) is 0 Å². The molecule has 0 fully saturated rings.